The molecule has 1 amide bonds. The summed E-state index contributed by atoms with van der Waals surface area (Å²) in [6.07, 6.45) is 3.90. The van der Waals surface area contributed by atoms with Crippen LogP contribution < -0.4 is 0 Å². The zero-order valence-electron chi connectivity index (χ0n) is 15.9. The molecule has 0 saturated carbocycles. The lowest BCUT2D eigenvalue weighted by molar-refractivity contribution is 0.0789. The van der Waals surface area contributed by atoms with E-state index in [1.807, 2.05) is 18.2 Å². The molecule has 2 N–H and O–H groups in total. The van der Waals surface area contributed by atoms with Gasteiger partial charge < -0.3 is 10.0 Å². The normalized spacial score (nSPS) is 10.8. The lowest BCUT2D eigenvalue weighted by Crippen LogP contribution is -2.27. The second kappa shape index (κ2) is 9.55. The van der Waals surface area contributed by atoms with Crippen LogP contribution in [-0.2, 0) is 6.42 Å². The van der Waals surface area contributed by atoms with Gasteiger partial charge in [0.2, 0.25) is 0 Å². The standard InChI is InChI=1S/C22H24BrN3O2/c1-26(22(28)19-12-11-17(23)14-21(19)27)13-7-3-6-10-18-15-20(25-24-18)16-8-4-2-5-9-16/h2,4-5,8-9,11-12,14-15,27H,3,6-7,10,13H2,1H3,(H,24,25). The Kier molecular flexibility index (Phi) is 6.87. The Morgan fingerprint density at radius 2 is 1.89 bits per heavy atom. The summed E-state index contributed by atoms with van der Waals surface area (Å²) in [5.41, 5.74) is 3.54. The van der Waals surface area contributed by atoms with Crippen molar-refractivity contribution >= 4 is 21.8 Å². The largest absolute Gasteiger partial charge is 0.507 e. The Morgan fingerprint density at radius 1 is 1.11 bits per heavy atom. The zero-order valence-corrected chi connectivity index (χ0v) is 17.4. The van der Waals surface area contributed by atoms with Crippen molar-refractivity contribution < 1.29 is 9.90 Å². The molecule has 0 unspecified atom stereocenters. The number of aromatic amines is 1. The number of phenolic OH excluding ortho intramolecular Hbond substituents is 1. The summed E-state index contributed by atoms with van der Waals surface area (Å²) < 4.78 is 0.749. The second-order valence-corrected chi connectivity index (χ2v) is 7.76. The van der Waals surface area contributed by atoms with Crippen molar-refractivity contribution in [3.63, 3.8) is 0 Å². The first-order valence-electron chi connectivity index (χ1n) is 9.38. The molecule has 0 aliphatic rings. The SMILES string of the molecule is CN(CCCCCc1cc(-c2ccccc2)n[nH]1)C(=O)c1ccc(Br)cc1O. The Hall–Kier alpha value is -2.60. The average Bonchev–Trinajstić information content (AvgIpc) is 3.17. The maximum Gasteiger partial charge on any atom is 0.257 e. The summed E-state index contributed by atoms with van der Waals surface area (Å²) >= 11 is 3.28. The smallest absolute Gasteiger partial charge is 0.257 e. The van der Waals surface area contributed by atoms with Gasteiger partial charge in [-0.15, -0.1) is 0 Å². The highest BCUT2D eigenvalue weighted by Gasteiger charge is 2.15. The molecular weight excluding hydrogens is 418 g/mol. The van der Waals surface area contributed by atoms with Crippen molar-refractivity contribution in [2.24, 2.45) is 0 Å². The number of rotatable bonds is 8. The number of hydrogen-bond acceptors (Lipinski definition) is 3. The van der Waals surface area contributed by atoms with Crippen molar-refractivity contribution in [1.82, 2.24) is 15.1 Å². The molecule has 0 saturated heterocycles. The number of amides is 1. The molecular formula is C22H24BrN3O2. The molecule has 1 heterocycles. The van der Waals surface area contributed by atoms with Crippen LogP contribution in [0.2, 0.25) is 0 Å². The van der Waals surface area contributed by atoms with E-state index in [1.54, 1.807) is 24.1 Å². The number of aromatic nitrogens is 2. The fourth-order valence-electron chi connectivity index (χ4n) is 3.08. The van der Waals surface area contributed by atoms with Crippen molar-refractivity contribution in [1.29, 1.82) is 0 Å². The number of carbonyl (C=O) groups is 1. The maximum atomic E-state index is 12.4. The number of aromatic hydroxyl groups is 1. The van der Waals surface area contributed by atoms with Crippen molar-refractivity contribution in [3.8, 4) is 17.0 Å². The fourth-order valence-corrected chi connectivity index (χ4v) is 3.43. The van der Waals surface area contributed by atoms with Crippen molar-refractivity contribution in [2.75, 3.05) is 13.6 Å². The van der Waals surface area contributed by atoms with Crippen LogP contribution >= 0.6 is 15.9 Å². The van der Waals surface area contributed by atoms with Gasteiger partial charge in [0, 0.05) is 29.3 Å². The van der Waals surface area contributed by atoms with E-state index in [0.717, 1.165) is 47.1 Å². The number of nitrogens with zero attached hydrogens (tertiary/aromatic N) is 2. The van der Waals surface area contributed by atoms with Gasteiger partial charge in [0.1, 0.15) is 5.75 Å². The van der Waals surface area contributed by atoms with E-state index in [4.69, 9.17) is 0 Å². The summed E-state index contributed by atoms with van der Waals surface area (Å²) in [4.78, 5) is 14.1. The molecule has 0 spiro atoms. The predicted octanol–water partition coefficient (Wildman–Crippen LogP) is 5.03. The number of benzene rings is 2. The molecule has 2 aromatic carbocycles. The van der Waals surface area contributed by atoms with Gasteiger partial charge in [-0.05, 0) is 43.5 Å². The number of phenols is 1. The molecule has 0 atom stereocenters. The highest BCUT2D eigenvalue weighted by Crippen LogP contribution is 2.23. The quantitative estimate of drug-likeness (QED) is 0.481. The number of aryl methyl sites for hydroxylation is 1. The minimum absolute atomic E-state index is 0.000287. The summed E-state index contributed by atoms with van der Waals surface area (Å²) in [7, 11) is 1.77. The summed E-state index contributed by atoms with van der Waals surface area (Å²) in [6, 6.07) is 17.2. The minimum Gasteiger partial charge on any atom is -0.507 e. The van der Waals surface area contributed by atoms with Crippen LogP contribution in [0.5, 0.6) is 5.75 Å². The first kappa shape index (κ1) is 20.1. The highest BCUT2D eigenvalue weighted by molar-refractivity contribution is 9.10. The first-order valence-corrected chi connectivity index (χ1v) is 10.2. The minimum atomic E-state index is -0.161. The van der Waals surface area contributed by atoms with Crippen LogP contribution in [0.3, 0.4) is 0 Å². The Balaban J connectivity index is 1.41. The summed E-state index contributed by atoms with van der Waals surface area (Å²) in [5, 5.41) is 17.4. The fraction of sp³-hybridized carbons (Fsp3) is 0.273. The van der Waals surface area contributed by atoms with Gasteiger partial charge in [-0.2, -0.15) is 5.10 Å². The molecule has 0 aliphatic heterocycles. The Morgan fingerprint density at radius 3 is 2.64 bits per heavy atom. The molecule has 28 heavy (non-hydrogen) atoms. The third-order valence-corrected chi connectivity index (χ3v) is 5.17. The van der Waals surface area contributed by atoms with Gasteiger partial charge >= 0.3 is 0 Å². The monoisotopic (exact) mass is 441 g/mol. The molecule has 3 rings (SSSR count). The third kappa shape index (κ3) is 5.23. The molecule has 5 nitrogen and oxygen atoms in total. The Labute approximate surface area is 173 Å². The van der Waals surface area contributed by atoms with E-state index >= 15 is 0 Å². The van der Waals surface area contributed by atoms with Crippen LogP contribution in [0.25, 0.3) is 11.3 Å². The van der Waals surface area contributed by atoms with Gasteiger partial charge in [0.05, 0.1) is 11.3 Å². The number of halogens is 1. The van der Waals surface area contributed by atoms with E-state index in [2.05, 4.69) is 44.3 Å². The Bertz CT molecular complexity index is 925. The van der Waals surface area contributed by atoms with Crippen molar-refractivity contribution in [2.45, 2.75) is 25.7 Å². The predicted molar refractivity (Wildman–Crippen MR) is 114 cm³/mol. The van der Waals surface area contributed by atoms with E-state index in [9.17, 15) is 9.90 Å². The molecule has 0 fully saturated rings. The van der Waals surface area contributed by atoms with Gasteiger partial charge in [-0.3, -0.25) is 9.89 Å². The molecule has 146 valence electrons. The van der Waals surface area contributed by atoms with Gasteiger partial charge in [-0.1, -0.05) is 52.7 Å². The molecule has 6 heteroatoms. The van der Waals surface area contributed by atoms with Gasteiger partial charge in [0.15, 0.2) is 0 Å². The molecule has 3 aromatic rings. The second-order valence-electron chi connectivity index (χ2n) is 6.84. The number of nitrogens with one attached hydrogen (secondary N) is 1. The number of hydrogen-bond donors (Lipinski definition) is 2. The molecule has 1 aromatic heterocycles. The first-order chi connectivity index (χ1) is 13.5. The van der Waals surface area contributed by atoms with Crippen LogP contribution in [0.15, 0.2) is 59.1 Å². The van der Waals surface area contributed by atoms with Crippen LogP contribution in [-0.4, -0.2) is 39.7 Å². The van der Waals surface area contributed by atoms with Crippen molar-refractivity contribution in [3.05, 3.63) is 70.3 Å². The van der Waals surface area contributed by atoms with Crippen LogP contribution in [0.1, 0.15) is 35.3 Å². The number of carbonyl (C=O) groups excluding carboxylic acids is 1. The number of H-pyrrole nitrogens is 1. The molecule has 0 radical (unpaired) electrons. The van der Waals surface area contributed by atoms with Gasteiger partial charge in [-0.25, -0.2) is 0 Å². The third-order valence-electron chi connectivity index (χ3n) is 4.68. The number of unbranched alkanes of at least 4 members (excludes halogenated alkanes) is 2. The summed E-state index contributed by atoms with van der Waals surface area (Å²) in [6.45, 7) is 0.659. The summed E-state index contributed by atoms with van der Waals surface area (Å²) in [5.74, 6) is -0.161. The lowest BCUT2D eigenvalue weighted by Gasteiger charge is -2.17. The maximum absolute atomic E-state index is 12.4. The van der Waals surface area contributed by atoms with Gasteiger partial charge in [0.25, 0.3) is 5.91 Å². The highest BCUT2D eigenvalue weighted by atomic mass is 79.9. The van der Waals surface area contributed by atoms with Crippen LogP contribution in [0, 0.1) is 0 Å². The topological polar surface area (TPSA) is 69.2 Å². The molecule has 0 aliphatic carbocycles. The zero-order chi connectivity index (χ0) is 19.9. The average molecular weight is 442 g/mol. The van der Waals surface area contributed by atoms with E-state index in [0.29, 0.717) is 12.1 Å². The van der Waals surface area contributed by atoms with E-state index < -0.39 is 0 Å². The lowest BCUT2D eigenvalue weighted by atomic mass is 10.1. The van der Waals surface area contributed by atoms with Crippen LogP contribution in [0.4, 0.5) is 0 Å². The van der Waals surface area contributed by atoms with E-state index in [-0.39, 0.29) is 11.7 Å². The molecule has 0 bridgehead atoms. The van der Waals surface area contributed by atoms with E-state index in [1.165, 1.54) is 6.07 Å².